The third kappa shape index (κ3) is 5.84. The monoisotopic (exact) mass is 193 g/mol. The molecule has 0 rings (SSSR count). The van der Waals surface area contributed by atoms with Gasteiger partial charge in [-0.15, -0.1) is 0 Å². The minimum atomic E-state index is 0. The van der Waals surface area contributed by atoms with Crippen LogP contribution in [0.5, 0.6) is 0 Å². The van der Waals surface area contributed by atoms with E-state index in [0.29, 0.717) is 0 Å². The maximum atomic E-state index is 2.36. The Morgan fingerprint density at radius 2 is 1.67 bits per heavy atom. The molecule has 2 heteroatoms. The number of quaternary nitrogens is 1. The van der Waals surface area contributed by atoms with Gasteiger partial charge in [0.1, 0.15) is 0 Å². The van der Waals surface area contributed by atoms with Gasteiger partial charge in [-0.05, 0) is 13.3 Å². The van der Waals surface area contributed by atoms with Gasteiger partial charge in [0.2, 0.25) is 0 Å². The molecule has 0 N–H and O–H groups in total. The van der Waals surface area contributed by atoms with Gasteiger partial charge in [0.15, 0.2) is 0 Å². The molecular formula is C10H24ClN. The summed E-state index contributed by atoms with van der Waals surface area (Å²) in [7, 11) is 2.36. The summed E-state index contributed by atoms with van der Waals surface area (Å²) >= 11 is 0. The van der Waals surface area contributed by atoms with E-state index in [4.69, 9.17) is 0 Å². The highest BCUT2D eigenvalue weighted by Gasteiger charge is 2.18. The Balaban J connectivity index is 0. The summed E-state index contributed by atoms with van der Waals surface area (Å²) in [6.45, 7) is 13.1. The Labute approximate surface area is 84.1 Å². The van der Waals surface area contributed by atoms with Crippen LogP contribution in [0.1, 0.15) is 34.1 Å². The minimum Gasteiger partial charge on any atom is -1.00 e. The molecule has 0 saturated carbocycles. The third-order valence-corrected chi connectivity index (χ3v) is 2.33. The van der Waals surface area contributed by atoms with Crippen molar-refractivity contribution in [3.63, 3.8) is 0 Å². The van der Waals surface area contributed by atoms with E-state index in [0.717, 1.165) is 5.92 Å². The molecule has 0 saturated heterocycles. The topological polar surface area (TPSA) is 0 Å². The van der Waals surface area contributed by atoms with Crippen molar-refractivity contribution < 1.29 is 16.9 Å². The smallest absolute Gasteiger partial charge is 0.0807 e. The van der Waals surface area contributed by atoms with Gasteiger partial charge in [-0.2, -0.15) is 0 Å². The average molecular weight is 194 g/mol. The lowest BCUT2D eigenvalue weighted by Crippen LogP contribution is -3.00. The van der Waals surface area contributed by atoms with Crippen LogP contribution >= 0.6 is 0 Å². The van der Waals surface area contributed by atoms with Crippen molar-refractivity contribution >= 4 is 0 Å². The van der Waals surface area contributed by atoms with Gasteiger partial charge in [-0.1, -0.05) is 20.8 Å². The number of hydrogen-bond donors (Lipinski definition) is 0. The Hall–Kier alpha value is 0.250. The van der Waals surface area contributed by atoms with E-state index < -0.39 is 0 Å². The van der Waals surface area contributed by atoms with E-state index in [1.807, 2.05) is 0 Å². The van der Waals surface area contributed by atoms with Crippen LogP contribution in [0, 0.1) is 5.92 Å². The third-order valence-electron chi connectivity index (χ3n) is 2.33. The maximum Gasteiger partial charge on any atom is 0.0807 e. The quantitative estimate of drug-likeness (QED) is 0.518. The van der Waals surface area contributed by atoms with Crippen LogP contribution < -0.4 is 12.4 Å². The van der Waals surface area contributed by atoms with Crippen molar-refractivity contribution in [2.24, 2.45) is 5.92 Å². The van der Waals surface area contributed by atoms with Crippen LogP contribution in [-0.4, -0.2) is 31.2 Å². The Bertz CT molecular complexity index is 104. The summed E-state index contributed by atoms with van der Waals surface area (Å²) in [6, 6.07) is 0. The summed E-state index contributed by atoms with van der Waals surface area (Å²) in [4.78, 5) is 0. The highest BCUT2D eigenvalue weighted by Crippen LogP contribution is 2.08. The maximum absolute atomic E-state index is 2.36. The normalized spacial score (nSPS) is 15.5. The molecule has 0 heterocycles. The second-order valence-corrected chi connectivity index (χ2v) is 4.24. The molecule has 0 aromatic rings. The molecule has 0 aliphatic heterocycles. The second-order valence-electron chi connectivity index (χ2n) is 4.24. The second kappa shape index (κ2) is 6.73. The molecular weight excluding hydrogens is 170 g/mol. The molecule has 0 aliphatic rings. The fourth-order valence-corrected chi connectivity index (χ4v) is 1.80. The van der Waals surface area contributed by atoms with E-state index in [9.17, 15) is 0 Å². The largest absolute Gasteiger partial charge is 1.00 e. The minimum absolute atomic E-state index is 0. The molecule has 12 heavy (non-hydrogen) atoms. The number of hydrogen-bond acceptors (Lipinski definition) is 0. The van der Waals surface area contributed by atoms with Crippen LogP contribution in [0.4, 0.5) is 0 Å². The van der Waals surface area contributed by atoms with Crippen molar-refractivity contribution in [2.75, 3.05) is 26.7 Å². The van der Waals surface area contributed by atoms with Crippen LogP contribution in [0.15, 0.2) is 0 Å². The van der Waals surface area contributed by atoms with Crippen LogP contribution in [-0.2, 0) is 0 Å². The Kier molecular flexibility index (Phi) is 8.28. The predicted octanol–water partition coefficient (Wildman–Crippen LogP) is -0.477. The summed E-state index contributed by atoms with van der Waals surface area (Å²) in [6.07, 6.45) is 1.30. The van der Waals surface area contributed by atoms with Crippen LogP contribution in [0.3, 0.4) is 0 Å². The number of halogens is 1. The zero-order valence-electron chi connectivity index (χ0n) is 9.23. The molecule has 0 bridgehead atoms. The van der Waals surface area contributed by atoms with E-state index in [-0.39, 0.29) is 12.4 Å². The van der Waals surface area contributed by atoms with Crippen LogP contribution in [0.2, 0.25) is 0 Å². The molecule has 1 atom stereocenters. The molecule has 0 fully saturated rings. The lowest BCUT2D eigenvalue weighted by Gasteiger charge is -2.34. The molecule has 0 spiro atoms. The van der Waals surface area contributed by atoms with Gasteiger partial charge in [0.25, 0.3) is 0 Å². The molecule has 1 unspecified atom stereocenters. The van der Waals surface area contributed by atoms with Crippen molar-refractivity contribution in [1.82, 2.24) is 0 Å². The molecule has 0 amide bonds. The number of nitrogens with zero attached hydrogens (tertiary/aromatic N) is 1. The Morgan fingerprint density at radius 1 is 1.17 bits per heavy atom. The van der Waals surface area contributed by atoms with Gasteiger partial charge in [0, 0.05) is 5.92 Å². The predicted molar refractivity (Wildman–Crippen MR) is 51.6 cm³/mol. The van der Waals surface area contributed by atoms with Gasteiger partial charge < -0.3 is 16.9 Å². The molecule has 0 aliphatic carbocycles. The van der Waals surface area contributed by atoms with Gasteiger partial charge in [-0.25, -0.2) is 0 Å². The summed E-state index contributed by atoms with van der Waals surface area (Å²) in [5.41, 5.74) is 0. The highest BCUT2D eigenvalue weighted by molar-refractivity contribution is 4.43. The fraction of sp³-hybridized carbons (Fsp3) is 1.00. The zero-order chi connectivity index (χ0) is 8.91. The van der Waals surface area contributed by atoms with Crippen LogP contribution in [0.25, 0.3) is 0 Å². The number of rotatable bonds is 5. The van der Waals surface area contributed by atoms with Crippen molar-refractivity contribution in [3.8, 4) is 0 Å². The molecule has 0 radical (unpaired) electrons. The first-order valence-corrected chi connectivity index (χ1v) is 4.87. The molecule has 76 valence electrons. The first-order valence-electron chi connectivity index (χ1n) is 4.87. The van der Waals surface area contributed by atoms with Gasteiger partial charge >= 0.3 is 0 Å². The summed E-state index contributed by atoms with van der Waals surface area (Å²) < 4.78 is 1.24. The Morgan fingerprint density at radius 3 is 1.92 bits per heavy atom. The summed E-state index contributed by atoms with van der Waals surface area (Å²) in [5.74, 6) is 0.825. The van der Waals surface area contributed by atoms with Crippen molar-refractivity contribution in [2.45, 2.75) is 34.1 Å². The zero-order valence-corrected chi connectivity index (χ0v) is 9.99. The summed E-state index contributed by atoms with van der Waals surface area (Å²) in [5, 5.41) is 0. The fourth-order valence-electron chi connectivity index (χ4n) is 1.80. The lowest BCUT2D eigenvalue weighted by molar-refractivity contribution is -0.910. The van der Waals surface area contributed by atoms with E-state index >= 15 is 0 Å². The van der Waals surface area contributed by atoms with E-state index in [2.05, 4.69) is 34.7 Å². The molecule has 0 aromatic carbocycles. The molecule has 1 nitrogen and oxygen atoms in total. The van der Waals surface area contributed by atoms with E-state index in [1.54, 1.807) is 0 Å². The van der Waals surface area contributed by atoms with E-state index in [1.165, 1.54) is 30.5 Å². The molecule has 0 aromatic heterocycles. The lowest BCUT2D eigenvalue weighted by atomic mass is 10.1. The first-order chi connectivity index (χ1) is 5.04. The van der Waals surface area contributed by atoms with Gasteiger partial charge in [0.05, 0.1) is 26.7 Å². The standard InChI is InChI=1S/C10H24N.ClH/c1-6-8-11(5,7-2)9-10(3)4;/h10H,6-9H2,1-5H3;1H/q+1;/p-1. The first kappa shape index (κ1) is 14.8. The highest BCUT2D eigenvalue weighted by atomic mass is 35.5. The van der Waals surface area contributed by atoms with Gasteiger partial charge in [-0.3, -0.25) is 0 Å². The van der Waals surface area contributed by atoms with Crippen molar-refractivity contribution in [1.29, 1.82) is 0 Å². The SMILES string of the molecule is CCC[N+](C)(CC)CC(C)C.[Cl-]. The van der Waals surface area contributed by atoms with Crippen molar-refractivity contribution in [3.05, 3.63) is 0 Å². The average Bonchev–Trinajstić information content (AvgIpc) is 1.87.